The third-order valence-corrected chi connectivity index (χ3v) is 7.34. The summed E-state index contributed by atoms with van der Waals surface area (Å²) >= 11 is 0. The van der Waals surface area contributed by atoms with Crippen molar-refractivity contribution in [3.63, 3.8) is 0 Å². The van der Waals surface area contributed by atoms with Crippen LogP contribution in [0.1, 0.15) is 66.8 Å². The lowest BCUT2D eigenvalue weighted by molar-refractivity contribution is 0.0940. The molecule has 1 amide bonds. The number of para-hydroxylation sites is 1. The van der Waals surface area contributed by atoms with Gasteiger partial charge in [-0.2, -0.15) is 0 Å². The van der Waals surface area contributed by atoms with Gasteiger partial charge in [-0.1, -0.05) is 55.4 Å². The Labute approximate surface area is 231 Å². The van der Waals surface area contributed by atoms with Gasteiger partial charge < -0.3 is 11.1 Å². The van der Waals surface area contributed by atoms with E-state index in [1.54, 1.807) is 30.0 Å². The van der Waals surface area contributed by atoms with Crippen molar-refractivity contribution in [1.29, 1.82) is 0 Å². The number of aromatic nitrogens is 5. The molecule has 0 radical (unpaired) electrons. The number of fused-ring (bicyclic) bond motifs is 2. The molecule has 0 aliphatic heterocycles. The highest BCUT2D eigenvalue weighted by molar-refractivity contribution is 6.04. The number of amides is 1. The molecule has 5 aromatic rings. The van der Waals surface area contributed by atoms with Crippen molar-refractivity contribution in [3.05, 3.63) is 94.3 Å². The molecule has 40 heavy (non-hydrogen) atoms. The molecule has 6 rings (SSSR count). The Kier molecular flexibility index (Phi) is 6.74. The van der Waals surface area contributed by atoms with Crippen LogP contribution in [-0.4, -0.2) is 30.1 Å². The van der Waals surface area contributed by atoms with Gasteiger partial charge in [0.25, 0.3) is 11.5 Å². The molecule has 0 bridgehead atoms. The lowest BCUT2D eigenvalue weighted by Gasteiger charge is -2.20. The SMILES string of the molecule is CC(NC(=O)c1c(N)nn2cccnc12)c1nc2cccc(C#CC3CCCCC3)c2c(=O)n1-c1ccccc1. The van der Waals surface area contributed by atoms with Gasteiger partial charge in [0.1, 0.15) is 11.4 Å². The molecule has 0 saturated heterocycles. The number of hydrogen-bond donors (Lipinski definition) is 2. The van der Waals surface area contributed by atoms with E-state index in [1.165, 1.54) is 23.8 Å². The van der Waals surface area contributed by atoms with Gasteiger partial charge >= 0.3 is 0 Å². The third kappa shape index (κ3) is 4.69. The summed E-state index contributed by atoms with van der Waals surface area (Å²) in [6, 6.07) is 15.9. The van der Waals surface area contributed by atoms with E-state index in [1.807, 2.05) is 48.5 Å². The number of nitrogens with one attached hydrogen (secondary N) is 1. The summed E-state index contributed by atoms with van der Waals surface area (Å²) in [7, 11) is 0. The van der Waals surface area contributed by atoms with Crippen molar-refractivity contribution in [2.24, 2.45) is 5.92 Å². The highest BCUT2D eigenvalue weighted by Crippen LogP contribution is 2.24. The predicted molar refractivity (Wildman–Crippen MR) is 154 cm³/mol. The summed E-state index contributed by atoms with van der Waals surface area (Å²) in [4.78, 5) is 36.7. The maximum atomic E-state index is 14.2. The van der Waals surface area contributed by atoms with Crippen LogP contribution in [0, 0.1) is 17.8 Å². The van der Waals surface area contributed by atoms with Gasteiger partial charge in [0.05, 0.1) is 22.6 Å². The first kappa shape index (κ1) is 25.3. The molecule has 9 heteroatoms. The van der Waals surface area contributed by atoms with Gasteiger partial charge in [-0.15, -0.1) is 5.10 Å². The molecule has 3 N–H and O–H groups in total. The number of rotatable bonds is 4. The van der Waals surface area contributed by atoms with Gasteiger partial charge in [-0.3, -0.25) is 14.2 Å². The molecule has 3 aromatic heterocycles. The van der Waals surface area contributed by atoms with Gasteiger partial charge in [0.15, 0.2) is 11.5 Å². The highest BCUT2D eigenvalue weighted by atomic mass is 16.2. The smallest absolute Gasteiger partial charge is 0.267 e. The van der Waals surface area contributed by atoms with Crippen molar-refractivity contribution in [2.45, 2.75) is 45.1 Å². The number of carbonyl (C=O) groups is 1. The molecule has 2 aromatic carbocycles. The topological polar surface area (TPSA) is 120 Å². The molecule has 3 heterocycles. The van der Waals surface area contributed by atoms with Crippen molar-refractivity contribution in [2.75, 3.05) is 5.73 Å². The van der Waals surface area contributed by atoms with E-state index in [9.17, 15) is 9.59 Å². The van der Waals surface area contributed by atoms with Crippen molar-refractivity contribution >= 4 is 28.3 Å². The molecule has 1 aliphatic rings. The second kappa shape index (κ2) is 10.7. The maximum absolute atomic E-state index is 14.2. The van der Waals surface area contributed by atoms with Crippen molar-refractivity contribution in [3.8, 4) is 17.5 Å². The number of hydrogen-bond acceptors (Lipinski definition) is 6. The summed E-state index contributed by atoms with van der Waals surface area (Å²) in [5.41, 5.74) is 8.18. The number of carbonyl (C=O) groups excluding carboxylic acids is 1. The van der Waals surface area contributed by atoms with Crippen molar-refractivity contribution in [1.82, 2.24) is 29.5 Å². The molecule has 1 fully saturated rings. The first-order valence-corrected chi connectivity index (χ1v) is 13.5. The van der Waals surface area contributed by atoms with Crippen molar-refractivity contribution < 1.29 is 4.79 Å². The number of benzene rings is 2. The van der Waals surface area contributed by atoms with E-state index < -0.39 is 11.9 Å². The Hall–Kier alpha value is -4.97. The zero-order valence-electron chi connectivity index (χ0n) is 22.2. The van der Waals surface area contributed by atoms with Crippen LogP contribution in [0.4, 0.5) is 5.82 Å². The molecule has 1 saturated carbocycles. The third-order valence-electron chi connectivity index (χ3n) is 7.34. The molecule has 1 aliphatic carbocycles. The van der Waals surface area contributed by atoms with E-state index in [2.05, 4.69) is 27.2 Å². The van der Waals surface area contributed by atoms with Crippen LogP contribution in [0.3, 0.4) is 0 Å². The fraction of sp³-hybridized carbons (Fsp3) is 0.258. The molecule has 9 nitrogen and oxygen atoms in total. The molecular weight excluding hydrogens is 502 g/mol. The summed E-state index contributed by atoms with van der Waals surface area (Å²) in [5, 5.41) is 7.60. The van der Waals surface area contributed by atoms with Crippen LogP contribution in [0.25, 0.3) is 22.2 Å². The van der Waals surface area contributed by atoms with E-state index in [0.29, 0.717) is 39.5 Å². The molecule has 200 valence electrons. The predicted octanol–water partition coefficient (Wildman–Crippen LogP) is 4.43. The Morgan fingerprint density at radius 3 is 2.67 bits per heavy atom. The van der Waals surface area contributed by atoms with Gasteiger partial charge in [0.2, 0.25) is 0 Å². The fourth-order valence-corrected chi connectivity index (χ4v) is 5.35. The first-order chi connectivity index (χ1) is 19.5. The number of anilines is 1. The van der Waals surface area contributed by atoms with E-state index in [4.69, 9.17) is 10.7 Å². The van der Waals surface area contributed by atoms with Crippen LogP contribution >= 0.6 is 0 Å². The Morgan fingerprint density at radius 2 is 1.88 bits per heavy atom. The maximum Gasteiger partial charge on any atom is 0.267 e. The summed E-state index contributed by atoms with van der Waals surface area (Å²) in [5.74, 6) is 7.05. The summed E-state index contributed by atoms with van der Waals surface area (Å²) < 4.78 is 3.01. The fourth-order valence-electron chi connectivity index (χ4n) is 5.35. The minimum absolute atomic E-state index is 0.0662. The van der Waals surface area contributed by atoms with Crippen LogP contribution in [0.2, 0.25) is 0 Å². The first-order valence-electron chi connectivity index (χ1n) is 13.5. The number of nitrogen functional groups attached to an aromatic ring is 1. The Morgan fingerprint density at radius 1 is 1.07 bits per heavy atom. The summed E-state index contributed by atoms with van der Waals surface area (Å²) in [6.07, 6.45) is 9.09. The van der Waals surface area contributed by atoms with Crippen LogP contribution in [0.5, 0.6) is 0 Å². The van der Waals surface area contributed by atoms with E-state index in [-0.39, 0.29) is 16.9 Å². The Bertz CT molecular complexity index is 1840. The quantitative estimate of drug-likeness (QED) is 0.331. The lowest BCUT2D eigenvalue weighted by Crippen LogP contribution is -2.33. The zero-order chi connectivity index (χ0) is 27.6. The van der Waals surface area contributed by atoms with Crippen LogP contribution in [-0.2, 0) is 0 Å². The minimum Gasteiger partial charge on any atom is -0.381 e. The molecule has 1 unspecified atom stereocenters. The molecular formula is C31H29N7O2. The van der Waals surface area contributed by atoms with Gasteiger partial charge in [-0.25, -0.2) is 14.5 Å². The monoisotopic (exact) mass is 531 g/mol. The number of nitrogens with zero attached hydrogens (tertiary/aromatic N) is 5. The molecule has 0 spiro atoms. The Balaban J connectivity index is 1.45. The van der Waals surface area contributed by atoms with Gasteiger partial charge in [-0.05, 0) is 50.1 Å². The molecule has 1 atom stereocenters. The lowest BCUT2D eigenvalue weighted by atomic mass is 9.89. The van der Waals surface area contributed by atoms with Crippen LogP contribution < -0.4 is 16.6 Å². The normalized spacial score (nSPS) is 14.5. The number of nitrogens with two attached hydrogens (primary N) is 1. The standard InChI is InChI=1S/C31H29N7O2/c1-20(34-30(39)26-27(32)36-37-19-9-18-33-29(26)37)28-35-24-15-8-12-22(17-16-21-10-4-2-5-11-21)25(24)31(40)38(28)23-13-6-3-7-14-23/h3,6-9,12-15,18-21H,2,4-5,10-11H2,1H3,(H2,32,36)(H,34,39). The van der Waals surface area contributed by atoms with E-state index >= 15 is 0 Å². The average Bonchev–Trinajstić information content (AvgIpc) is 3.32. The second-order valence-electron chi connectivity index (χ2n) is 10.1. The largest absolute Gasteiger partial charge is 0.381 e. The zero-order valence-corrected chi connectivity index (χ0v) is 22.2. The van der Waals surface area contributed by atoms with Gasteiger partial charge in [0, 0.05) is 23.9 Å². The highest BCUT2D eigenvalue weighted by Gasteiger charge is 2.25. The van der Waals surface area contributed by atoms with Crippen LogP contribution in [0.15, 0.2) is 71.8 Å². The minimum atomic E-state index is -0.653. The average molecular weight is 532 g/mol. The van der Waals surface area contributed by atoms with E-state index in [0.717, 1.165) is 12.8 Å². The summed E-state index contributed by atoms with van der Waals surface area (Å²) in [6.45, 7) is 1.78. The second-order valence-corrected chi connectivity index (χ2v) is 10.1.